The van der Waals surface area contributed by atoms with Crippen LogP contribution in [-0.4, -0.2) is 51.6 Å². The van der Waals surface area contributed by atoms with E-state index in [1.165, 1.54) is 4.52 Å². The molecule has 132 valence electrons. The quantitative estimate of drug-likeness (QED) is 0.740. The number of carbonyl (C=O) groups excluding carboxylic acids is 2. The molecule has 1 aromatic carbocycles. The van der Waals surface area contributed by atoms with Gasteiger partial charge >= 0.3 is 0 Å². The minimum absolute atomic E-state index is 0.0391. The summed E-state index contributed by atoms with van der Waals surface area (Å²) >= 11 is 0. The van der Waals surface area contributed by atoms with Crippen molar-refractivity contribution in [1.29, 1.82) is 0 Å². The van der Waals surface area contributed by atoms with Crippen molar-refractivity contribution in [3.05, 3.63) is 48.2 Å². The summed E-state index contributed by atoms with van der Waals surface area (Å²) in [5.41, 5.74) is 1.52. The molecule has 4 rings (SSSR count). The number of aromatic nitrogens is 4. The average Bonchev–Trinajstić information content (AvgIpc) is 3.28. The van der Waals surface area contributed by atoms with E-state index in [4.69, 9.17) is 4.74 Å². The number of anilines is 1. The molecule has 2 aromatic heterocycles. The standard InChI is InChI=1S/C17H16N6O3/c1-26-13-6-4-12(5-7-13)22-10-11(9-15(22)24)18-17(25)14-3-2-8-23-16(14)19-20-21-23/h2-8,11H,9-10H2,1H3,(H,18,25)/t11-/m1/s1. The number of fused-ring (bicyclic) bond motifs is 1. The zero-order valence-electron chi connectivity index (χ0n) is 14.0. The van der Waals surface area contributed by atoms with Crippen molar-refractivity contribution in [2.75, 3.05) is 18.6 Å². The van der Waals surface area contributed by atoms with Crippen LogP contribution in [-0.2, 0) is 4.79 Å². The Morgan fingerprint density at radius 1 is 1.27 bits per heavy atom. The fourth-order valence-corrected chi connectivity index (χ4v) is 3.02. The second kappa shape index (κ2) is 6.43. The summed E-state index contributed by atoms with van der Waals surface area (Å²) in [7, 11) is 1.59. The Bertz CT molecular complexity index is 968. The van der Waals surface area contributed by atoms with E-state index in [2.05, 4.69) is 20.8 Å². The molecule has 0 bridgehead atoms. The molecule has 1 atom stereocenters. The van der Waals surface area contributed by atoms with Crippen LogP contribution >= 0.6 is 0 Å². The van der Waals surface area contributed by atoms with E-state index in [1.807, 2.05) is 12.1 Å². The predicted molar refractivity (Wildman–Crippen MR) is 92.0 cm³/mol. The summed E-state index contributed by atoms with van der Waals surface area (Å²) in [6.07, 6.45) is 1.91. The van der Waals surface area contributed by atoms with E-state index in [0.717, 1.165) is 11.4 Å². The van der Waals surface area contributed by atoms with Gasteiger partial charge < -0.3 is 15.0 Å². The Kier molecular flexibility index (Phi) is 3.96. The number of rotatable bonds is 4. The zero-order chi connectivity index (χ0) is 18.1. The number of methoxy groups -OCH3 is 1. The van der Waals surface area contributed by atoms with Crippen LogP contribution in [0.2, 0.25) is 0 Å². The smallest absolute Gasteiger partial charge is 0.255 e. The largest absolute Gasteiger partial charge is 0.497 e. The van der Waals surface area contributed by atoms with Crippen LogP contribution in [0.25, 0.3) is 5.65 Å². The molecule has 0 aliphatic carbocycles. The number of benzene rings is 1. The summed E-state index contributed by atoms with van der Waals surface area (Å²) in [5.74, 6) is 0.378. The maximum absolute atomic E-state index is 12.6. The van der Waals surface area contributed by atoms with Crippen molar-refractivity contribution in [3.63, 3.8) is 0 Å². The van der Waals surface area contributed by atoms with Crippen molar-refractivity contribution in [2.45, 2.75) is 12.5 Å². The van der Waals surface area contributed by atoms with E-state index in [-0.39, 0.29) is 24.3 Å². The molecule has 9 nitrogen and oxygen atoms in total. The monoisotopic (exact) mass is 352 g/mol. The molecule has 2 amide bonds. The molecule has 0 spiro atoms. The predicted octanol–water partition coefficient (Wildman–Crippen LogP) is 0.668. The number of hydrogen-bond acceptors (Lipinski definition) is 6. The number of tetrazole rings is 1. The molecule has 1 fully saturated rings. The van der Waals surface area contributed by atoms with Gasteiger partial charge in [0.25, 0.3) is 5.91 Å². The lowest BCUT2D eigenvalue weighted by molar-refractivity contribution is -0.117. The van der Waals surface area contributed by atoms with Crippen LogP contribution in [0.15, 0.2) is 42.6 Å². The van der Waals surface area contributed by atoms with Gasteiger partial charge in [0.05, 0.1) is 18.7 Å². The van der Waals surface area contributed by atoms with Gasteiger partial charge in [0.1, 0.15) is 5.75 Å². The molecule has 0 radical (unpaired) electrons. The number of amides is 2. The fraction of sp³-hybridized carbons (Fsp3) is 0.235. The SMILES string of the molecule is COc1ccc(N2C[C@H](NC(=O)c3cccn4nnnc34)CC2=O)cc1. The first-order chi connectivity index (χ1) is 12.7. The summed E-state index contributed by atoms with van der Waals surface area (Å²) in [6, 6.07) is 10.3. The molecule has 0 saturated carbocycles. The third kappa shape index (κ3) is 2.83. The van der Waals surface area contributed by atoms with Gasteiger partial charge in [-0.15, -0.1) is 5.10 Å². The van der Waals surface area contributed by atoms with Crippen molar-refractivity contribution in [3.8, 4) is 5.75 Å². The van der Waals surface area contributed by atoms with E-state index < -0.39 is 0 Å². The number of hydrogen-bond donors (Lipinski definition) is 1. The van der Waals surface area contributed by atoms with Gasteiger partial charge in [-0.05, 0) is 46.8 Å². The van der Waals surface area contributed by atoms with Crippen molar-refractivity contribution in [1.82, 2.24) is 25.4 Å². The number of nitrogens with one attached hydrogen (secondary N) is 1. The van der Waals surface area contributed by atoms with E-state index in [9.17, 15) is 9.59 Å². The van der Waals surface area contributed by atoms with Crippen LogP contribution in [0, 0.1) is 0 Å². The molecule has 9 heteroatoms. The number of carbonyl (C=O) groups is 2. The first kappa shape index (κ1) is 16.0. The van der Waals surface area contributed by atoms with Gasteiger partial charge in [-0.2, -0.15) is 4.52 Å². The fourth-order valence-electron chi connectivity index (χ4n) is 3.02. The summed E-state index contributed by atoms with van der Waals surface area (Å²) in [4.78, 5) is 26.6. The van der Waals surface area contributed by atoms with Gasteiger partial charge in [0, 0.05) is 24.8 Å². The number of pyridine rings is 1. The first-order valence-electron chi connectivity index (χ1n) is 8.07. The lowest BCUT2D eigenvalue weighted by atomic mass is 10.2. The highest BCUT2D eigenvalue weighted by Gasteiger charge is 2.32. The molecule has 1 saturated heterocycles. The molecular weight excluding hydrogens is 336 g/mol. The molecule has 1 aliphatic heterocycles. The molecule has 1 N–H and O–H groups in total. The van der Waals surface area contributed by atoms with Crippen LogP contribution in [0.4, 0.5) is 5.69 Å². The Morgan fingerprint density at radius 3 is 2.85 bits per heavy atom. The lowest BCUT2D eigenvalue weighted by Crippen LogP contribution is -2.37. The van der Waals surface area contributed by atoms with Gasteiger partial charge in [-0.3, -0.25) is 9.59 Å². The second-order valence-corrected chi connectivity index (χ2v) is 5.95. The molecular formula is C17H16N6O3. The highest BCUT2D eigenvalue weighted by Crippen LogP contribution is 2.24. The zero-order valence-corrected chi connectivity index (χ0v) is 14.0. The maximum atomic E-state index is 12.6. The van der Waals surface area contributed by atoms with Gasteiger partial charge in [0.2, 0.25) is 5.91 Å². The molecule has 3 heterocycles. The first-order valence-corrected chi connectivity index (χ1v) is 8.07. The van der Waals surface area contributed by atoms with Gasteiger partial charge in [-0.25, -0.2) is 0 Å². The molecule has 0 unspecified atom stereocenters. The molecule has 3 aromatic rings. The third-order valence-corrected chi connectivity index (χ3v) is 4.31. The number of nitrogens with zero attached hydrogens (tertiary/aromatic N) is 5. The van der Waals surface area contributed by atoms with Crippen LogP contribution in [0.5, 0.6) is 5.75 Å². The van der Waals surface area contributed by atoms with Crippen molar-refractivity contribution >= 4 is 23.1 Å². The van der Waals surface area contributed by atoms with Crippen LogP contribution in [0.1, 0.15) is 16.8 Å². The van der Waals surface area contributed by atoms with Crippen molar-refractivity contribution in [2.24, 2.45) is 0 Å². The van der Waals surface area contributed by atoms with Gasteiger partial charge in [-0.1, -0.05) is 0 Å². The molecule has 1 aliphatic rings. The summed E-state index contributed by atoms with van der Waals surface area (Å²) in [6.45, 7) is 0.408. The Hall–Kier alpha value is -3.49. The lowest BCUT2D eigenvalue weighted by Gasteiger charge is -2.17. The van der Waals surface area contributed by atoms with E-state index >= 15 is 0 Å². The van der Waals surface area contributed by atoms with Gasteiger partial charge in [0.15, 0.2) is 5.65 Å². The van der Waals surface area contributed by atoms with E-state index in [1.54, 1.807) is 42.5 Å². The third-order valence-electron chi connectivity index (χ3n) is 4.31. The Balaban J connectivity index is 1.48. The number of ether oxygens (including phenoxy) is 1. The maximum Gasteiger partial charge on any atom is 0.255 e. The topological polar surface area (TPSA) is 102 Å². The molecule has 26 heavy (non-hydrogen) atoms. The highest BCUT2D eigenvalue weighted by molar-refractivity contribution is 6.01. The summed E-state index contributed by atoms with van der Waals surface area (Å²) < 4.78 is 6.56. The van der Waals surface area contributed by atoms with Crippen molar-refractivity contribution < 1.29 is 14.3 Å². The minimum atomic E-state index is -0.306. The average molecular weight is 352 g/mol. The van der Waals surface area contributed by atoms with E-state index in [0.29, 0.717) is 17.8 Å². The minimum Gasteiger partial charge on any atom is -0.497 e. The highest BCUT2D eigenvalue weighted by atomic mass is 16.5. The summed E-state index contributed by atoms with van der Waals surface area (Å²) in [5, 5.41) is 14.1. The Morgan fingerprint density at radius 2 is 2.08 bits per heavy atom. The van der Waals surface area contributed by atoms with Crippen LogP contribution < -0.4 is 15.0 Å². The van der Waals surface area contributed by atoms with Crippen LogP contribution in [0.3, 0.4) is 0 Å². The normalized spacial score (nSPS) is 16.9. The second-order valence-electron chi connectivity index (χ2n) is 5.95. The Labute approximate surface area is 148 Å².